The summed E-state index contributed by atoms with van der Waals surface area (Å²) in [7, 11) is 0. The molecule has 2 aromatic carbocycles. The Kier molecular flexibility index (Phi) is 5.29. The Balaban J connectivity index is 1.85. The molecule has 27 heavy (non-hydrogen) atoms. The normalized spacial score (nSPS) is 20.3. The quantitative estimate of drug-likeness (QED) is 0.569. The first-order valence-corrected chi connectivity index (χ1v) is 11.1. The number of amidine groups is 2. The number of aliphatic imine (C=N–C) groups is 2. The first kappa shape index (κ1) is 18.6. The maximum atomic E-state index is 6.19. The third kappa shape index (κ3) is 3.53. The van der Waals surface area contributed by atoms with Crippen molar-refractivity contribution in [3.05, 3.63) is 59.1 Å². The Morgan fingerprint density at radius 1 is 1.07 bits per heavy atom. The van der Waals surface area contributed by atoms with Crippen molar-refractivity contribution in [3.8, 4) is 0 Å². The van der Waals surface area contributed by atoms with E-state index in [0.717, 1.165) is 29.5 Å². The van der Waals surface area contributed by atoms with E-state index in [1.165, 1.54) is 30.5 Å². The van der Waals surface area contributed by atoms with Crippen molar-refractivity contribution in [1.82, 2.24) is 0 Å². The molecule has 0 aromatic heterocycles. The van der Waals surface area contributed by atoms with Gasteiger partial charge in [0.15, 0.2) is 11.0 Å². The summed E-state index contributed by atoms with van der Waals surface area (Å²) in [4.78, 5) is 12.4. The minimum absolute atomic E-state index is 0.160. The summed E-state index contributed by atoms with van der Waals surface area (Å²) in [5.74, 6) is 0.926. The summed E-state index contributed by atoms with van der Waals surface area (Å²) in [5, 5.41) is 1.74. The number of hydrogen-bond acceptors (Lipinski definition) is 3. The van der Waals surface area contributed by atoms with E-state index in [4.69, 9.17) is 21.6 Å². The molecule has 140 valence electrons. The van der Waals surface area contributed by atoms with Gasteiger partial charge in [-0.05, 0) is 61.9 Å². The first-order valence-electron chi connectivity index (χ1n) is 9.47. The van der Waals surface area contributed by atoms with Crippen molar-refractivity contribution in [1.29, 1.82) is 0 Å². The summed E-state index contributed by atoms with van der Waals surface area (Å²) in [6.07, 6.45) is 7.94. The first-order chi connectivity index (χ1) is 13.1. The Bertz CT molecular complexity index is 900. The molecule has 0 amide bonds. The number of anilines is 1. The van der Waals surface area contributed by atoms with E-state index in [2.05, 4.69) is 42.3 Å². The number of nitrogens with zero attached hydrogens (tertiary/aromatic N) is 3. The van der Waals surface area contributed by atoms with Crippen molar-refractivity contribution in [2.75, 3.05) is 11.2 Å². The molecule has 1 spiro atoms. The van der Waals surface area contributed by atoms with Crippen LogP contribution < -0.4 is 4.90 Å². The number of benzene rings is 2. The third-order valence-electron chi connectivity index (χ3n) is 5.40. The lowest BCUT2D eigenvalue weighted by Crippen LogP contribution is -2.52. The number of rotatable bonds is 2. The van der Waals surface area contributed by atoms with Crippen LogP contribution in [0.25, 0.3) is 0 Å². The molecule has 0 bridgehead atoms. The lowest BCUT2D eigenvalue weighted by Gasteiger charge is -2.42. The van der Waals surface area contributed by atoms with Gasteiger partial charge in [-0.25, -0.2) is 9.98 Å². The minimum Gasteiger partial charge on any atom is -0.307 e. The fraction of sp³-hybridized carbons (Fsp3) is 0.364. The monoisotopic (exact) mass is 397 g/mol. The molecule has 2 aromatic rings. The average molecular weight is 398 g/mol. The van der Waals surface area contributed by atoms with Gasteiger partial charge in [-0.3, -0.25) is 0 Å². The lowest BCUT2D eigenvalue weighted by atomic mass is 9.79. The Hall–Kier alpha value is -1.78. The smallest absolute Gasteiger partial charge is 0.170 e. The van der Waals surface area contributed by atoms with E-state index in [9.17, 15) is 0 Å². The van der Waals surface area contributed by atoms with Gasteiger partial charge >= 0.3 is 0 Å². The predicted molar refractivity (Wildman–Crippen MR) is 119 cm³/mol. The molecule has 0 atom stereocenters. The number of aryl methyl sites for hydroxylation is 1. The largest absolute Gasteiger partial charge is 0.307 e. The zero-order chi connectivity index (χ0) is 18.9. The molecule has 1 saturated carbocycles. The van der Waals surface area contributed by atoms with E-state index >= 15 is 0 Å². The van der Waals surface area contributed by atoms with Gasteiger partial charge in [0.1, 0.15) is 5.54 Å². The summed E-state index contributed by atoms with van der Waals surface area (Å²) < 4.78 is 0. The zero-order valence-corrected chi connectivity index (χ0v) is 17.4. The molecule has 0 N–H and O–H groups in total. The van der Waals surface area contributed by atoms with Crippen LogP contribution >= 0.6 is 23.4 Å². The van der Waals surface area contributed by atoms with Gasteiger partial charge < -0.3 is 4.90 Å². The molecular weight excluding hydrogens is 374 g/mol. The molecule has 1 aliphatic carbocycles. The second-order valence-electron chi connectivity index (χ2n) is 7.28. The highest BCUT2D eigenvalue weighted by Gasteiger charge is 2.49. The molecule has 0 radical (unpaired) electrons. The summed E-state index contributed by atoms with van der Waals surface area (Å²) in [5.41, 5.74) is 3.19. The molecule has 1 fully saturated rings. The van der Waals surface area contributed by atoms with E-state index < -0.39 is 0 Å². The number of halogens is 1. The van der Waals surface area contributed by atoms with E-state index in [0.29, 0.717) is 5.02 Å². The van der Waals surface area contributed by atoms with Gasteiger partial charge in [0.2, 0.25) is 0 Å². The van der Waals surface area contributed by atoms with Crippen LogP contribution in [0.4, 0.5) is 11.4 Å². The van der Waals surface area contributed by atoms with E-state index in [1.54, 1.807) is 11.8 Å². The van der Waals surface area contributed by atoms with Crippen LogP contribution in [0.3, 0.4) is 0 Å². The molecule has 1 heterocycles. The fourth-order valence-corrected chi connectivity index (χ4v) is 5.00. The summed E-state index contributed by atoms with van der Waals surface area (Å²) >= 11 is 7.88. The SMILES string of the molecule is CSC1=NC(=Nc2cccc(Cl)c2)C2(CCCCC2)N1c1cccc(C)c1. The van der Waals surface area contributed by atoms with Crippen LogP contribution in [0.5, 0.6) is 0 Å². The van der Waals surface area contributed by atoms with Crippen LogP contribution in [-0.4, -0.2) is 22.8 Å². The van der Waals surface area contributed by atoms with Gasteiger partial charge in [-0.1, -0.05) is 60.8 Å². The maximum absolute atomic E-state index is 6.19. The topological polar surface area (TPSA) is 28.0 Å². The van der Waals surface area contributed by atoms with Gasteiger partial charge in [0.25, 0.3) is 0 Å². The van der Waals surface area contributed by atoms with Crippen LogP contribution in [0.2, 0.25) is 5.02 Å². The summed E-state index contributed by atoms with van der Waals surface area (Å²) in [6.45, 7) is 2.14. The van der Waals surface area contributed by atoms with Crippen molar-refractivity contribution in [3.63, 3.8) is 0 Å². The lowest BCUT2D eigenvalue weighted by molar-refractivity contribution is 0.385. The van der Waals surface area contributed by atoms with Gasteiger partial charge in [-0.15, -0.1) is 0 Å². The molecule has 2 aliphatic rings. The van der Waals surface area contributed by atoms with Crippen molar-refractivity contribution < 1.29 is 0 Å². The van der Waals surface area contributed by atoms with Crippen molar-refractivity contribution >= 4 is 45.7 Å². The number of hydrogen-bond donors (Lipinski definition) is 0. The highest BCUT2D eigenvalue weighted by molar-refractivity contribution is 8.13. The molecule has 3 nitrogen and oxygen atoms in total. The second-order valence-corrected chi connectivity index (χ2v) is 8.49. The van der Waals surface area contributed by atoms with Gasteiger partial charge in [-0.2, -0.15) is 0 Å². The zero-order valence-electron chi connectivity index (χ0n) is 15.8. The van der Waals surface area contributed by atoms with Crippen LogP contribution in [0.1, 0.15) is 37.7 Å². The molecule has 4 rings (SSSR count). The van der Waals surface area contributed by atoms with Gasteiger partial charge in [0.05, 0.1) is 5.69 Å². The van der Waals surface area contributed by atoms with E-state index in [-0.39, 0.29) is 5.54 Å². The van der Waals surface area contributed by atoms with Crippen molar-refractivity contribution in [2.24, 2.45) is 9.98 Å². The molecule has 0 saturated heterocycles. The molecular formula is C22H24ClN3S. The second kappa shape index (κ2) is 7.69. The fourth-order valence-electron chi connectivity index (χ4n) is 4.17. The van der Waals surface area contributed by atoms with Gasteiger partial charge in [0, 0.05) is 10.7 Å². The van der Waals surface area contributed by atoms with Crippen LogP contribution in [-0.2, 0) is 0 Å². The Morgan fingerprint density at radius 3 is 2.56 bits per heavy atom. The molecule has 1 aliphatic heterocycles. The Labute approximate surface area is 170 Å². The standard InChI is InChI=1S/C22H24ClN3S/c1-16-8-6-11-19(14-16)26-21(27-2)25-20(22(26)12-4-3-5-13-22)24-18-10-7-9-17(23)15-18/h6-11,14-15H,3-5,12-13H2,1-2H3. The Morgan fingerprint density at radius 2 is 1.85 bits per heavy atom. The molecule has 5 heteroatoms. The maximum Gasteiger partial charge on any atom is 0.170 e. The highest BCUT2D eigenvalue weighted by Crippen LogP contribution is 2.44. The minimum atomic E-state index is -0.160. The van der Waals surface area contributed by atoms with Crippen LogP contribution in [0, 0.1) is 6.92 Å². The van der Waals surface area contributed by atoms with Crippen LogP contribution in [0.15, 0.2) is 58.5 Å². The van der Waals surface area contributed by atoms with E-state index in [1.807, 2.05) is 24.3 Å². The third-order valence-corrected chi connectivity index (χ3v) is 6.28. The molecule has 0 unspecified atom stereocenters. The average Bonchev–Trinajstić information content (AvgIpc) is 2.95. The highest BCUT2D eigenvalue weighted by atomic mass is 35.5. The number of thioether (sulfide) groups is 1. The van der Waals surface area contributed by atoms with Crippen molar-refractivity contribution in [2.45, 2.75) is 44.6 Å². The summed E-state index contributed by atoms with van der Waals surface area (Å²) in [6, 6.07) is 16.5. The predicted octanol–water partition coefficient (Wildman–Crippen LogP) is 6.62.